The zero-order chi connectivity index (χ0) is 13.2. The van der Waals surface area contributed by atoms with Crippen LogP contribution in [0.4, 0.5) is 10.5 Å². The lowest BCUT2D eigenvalue weighted by Gasteiger charge is -2.12. The summed E-state index contributed by atoms with van der Waals surface area (Å²) in [5.41, 5.74) is 1.30. The Bertz CT molecular complexity index is 613. The van der Waals surface area contributed by atoms with E-state index in [1.54, 1.807) is 24.5 Å². The maximum absolute atomic E-state index is 12.3. The van der Waals surface area contributed by atoms with Crippen LogP contribution in [0.1, 0.15) is 11.6 Å². The van der Waals surface area contributed by atoms with E-state index in [2.05, 4.69) is 10.3 Å². The molecule has 19 heavy (non-hydrogen) atoms. The molecule has 1 saturated heterocycles. The highest BCUT2D eigenvalue weighted by Gasteiger charge is 2.39. The van der Waals surface area contributed by atoms with Gasteiger partial charge in [0.25, 0.3) is 5.91 Å². The minimum Gasteiger partial charge on any atom is -0.321 e. The van der Waals surface area contributed by atoms with Gasteiger partial charge < -0.3 is 5.32 Å². The van der Waals surface area contributed by atoms with Gasteiger partial charge in [-0.05, 0) is 17.7 Å². The van der Waals surface area contributed by atoms with Gasteiger partial charge in [0.1, 0.15) is 6.04 Å². The van der Waals surface area contributed by atoms with Crippen LogP contribution >= 0.6 is 0 Å². The summed E-state index contributed by atoms with van der Waals surface area (Å²) in [6, 6.07) is 11.4. The van der Waals surface area contributed by atoms with Crippen LogP contribution in [0.2, 0.25) is 0 Å². The van der Waals surface area contributed by atoms with Crippen molar-refractivity contribution < 1.29 is 9.59 Å². The largest absolute Gasteiger partial charge is 0.329 e. The van der Waals surface area contributed by atoms with Crippen molar-refractivity contribution in [2.75, 3.05) is 4.90 Å². The van der Waals surface area contributed by atoms with E-state index in [4.69, 9.17) is 0 Å². The van der Waals surface area contributed by atoms with Gasteiger partial charge in [0.05, 0.1) is 5.69 Å². The number of carbonyl (C=O) groups excluding carboxylic acids is 2. The standard InChI is InChI=1S/C14H11N3O2/c18-13-12(10-4-2-1-3-5-10)16-14(19)17(13)11-6-8-15-9-7-11/h1-9,12H,(H,16,19). The first-order valence-electron chi connectivity index (χ1n) is 5.87. The number of urea groups is 1. The Hall–Kier alpha value is -2.69. The summed E-state index contributed by atoms with van der Waals surface area (Å²) in [6.45, 7) is 0. The lowest BCUT2D eigenvalue weighted by Crippen LogP contribution is -2.30. The van der Waals surface area contributed by atoms with Gasteiger partial charge in [-0.25, -0.2) is 9.69 Å². The number of nitrogens with one attached hydrogen (secondary N) is 1. The number of imide groups is 1. The highest BCUT2D eigenvalue weighted by molar-refractivity contribution is 6.21. The van der Waals surface area contributed by atoms with Crippen molar-refractivity contribution in [3.8, 4) is 0 Å². The van der Waals surface area contributed by atoms with Gasteiger partial charge in [-0.1, -0.05) is 30.3 Å². The quantitative estimate of drug-likeness (QED) is 0.831. The molecule has 1 aliphatic heterocycles. The molecule has 0 radical (unpaired) electrons. The molecule has 1 aliphatic rings. The lowest BCUT2D eigenvalue weighted by molar-refractivity contribution is -0.118. The van der Waals surface area contributed by atoms with Crippen molar-refractivity contribution in [1.82, 2.24) is 10.3 Å². The first kappa shape index (κ1) is 11.4. The molecular weight excluding hydrogens is 242 g/mol. The Morgan fingerprint density at radius 3 is 2.37 bits per heavy atom. The van der Waals surface area contributed by atoms with Crippen LogP contribution in [-0.4, -0.2) is 16.9 Å². The fraction of sp³-hybridized carbons (Fsp3) is 0.0714. The van der Waals surface area contributed by atoms with Crippen LogP contribution in [0.25, 0.3) is 0 Å². The molecule has 1 atom stereocenters. The van der Waals surface area contributed by atoms with Gasteiger partial charge in [0.15, 0.2) is 0 Å². The Morgan fingerprint density at radius 1 is 1.00 bits per heavy atom. The van der Waals surface area contributed by atoms with E-state index in [-0.39, 0.29) is 5.91 Å². The van der Waals surface area contributed by atoms with E-state index in [0.717, 1.165) is 10.5 Å². The maximum Gasteiger partial charge on any atom is 0.329 e. The van der Waals surface area contributed by atoms with E-state index in [1.165, 1.54) is 0 Å². The first-order chi connectivity index (χ1) is 9.27. The fourth-order valence-corrected chi connectivity index (χ4v) is 2.09. The molecule has 5 nitrogen and oxygen atoms in total. The summed E-state index contributed by atoms with van der Waals surface area (Å²) < 4.78 is 0. The Morgan fingerprint density at radius 2 is 1.68 bits per heavy atom. The zero-order valence-corrected chi connectivity index (χ0v) is 9.98. The van der Waals surface area contributed by atoms with Gasteiger partial charge in [-0.2, -0.15) is 0 Å². The van der Waals surface area contributed by atoms with Gasteiger partial charge in [-0.3, -0.25) is 9.78 Å². The Labute approximate surface area is 109 Å². The molecule has 1 aromatic heterocycles. The zero-order valence-electron chi connectivity index (χ0n) is 9.98. The van der Waals surface area contributed by atoms with Crippen LogP contribution < -0.4 is 10.2 Å². The molecule has 2 heterocycles. The van der Waals surface area contributed by atoms with E-state index >= 15 is 0 Å². The highest BCUT2D eigenvalue weighted by atomic mass is 16.2. The van der Waals surface area contributed by atoms with Crippen molar-refractivity contribution in [1.29, 1.82) is 0 Å². The molecule has 1 N–H and O–H groups in total. The predicted molar refractivity (Wildman–Crippen MR) is 69.4 cm³/mol. The summed E-state index contributed by atoms with van der Waals surface area (Å²) in [5.74, 6) is -0.276. The third-order valence-corrected chi connectivity index (χ3v) is 2.99. The van der Waals surface area contributed by atoms with Gasteiger partial charge >= 0.3 is 6.03 Å². The molecule has 3 rings (SSSR count). The van der Waals surface area contributed by atoms with E-state index in [1.807, 2.05) is 30.3 Å². The summed E-state index contributed by atoms with van der Waals surface area (Å²) in [4.78, 5) is 29.3. The molecule has 2 aromatic rings. The number of aromatic nitrogens is 1. The maximum atomic E-state index is 12.3. The predicted octanol–water partition coefficient (Wildman–Crippen LogP) is 1.88. The molecule has 0 bridgehead atoms. The number of benzene rings is 1. The van der Waals surface area contributed by atoms with E-state index in [9.17, 15) is 9.59 Å². The van der Waals surface area contributed by atoms with Crippen LogP contribution in [0, 0.1) is 0 Å². The molecule has 3 amide bonds. The van der Waals surface area contributed by atoms with Crippen LogP contribution in [0.5, 0.6) is 0 Å². The fourth-order valence-electron chi connectivity index (χ4n) is 2.09. The summed E-state index contributed by atoms with van der Waals surface area (Å²) >= 11 is 0. The molecule has 1 aromatic carbocycles. The van der Waals surface area contributed by atoms with Crippen molar-refractivity contribution >= 4 is 17.6 Å². The van der Waals surface area contributed by atoms with Gasteiger partial charge in [-0.15, -0.1) is 0 Å². The van der Waals surface area contributed by atoms with Crippen LogP contribution in [-0.2, 0) is 4.79 Å². The number of hydrogen-bond acceptors (Lipinski definition) is 3. The lowest BCUT2D eigenvalue weighted by atomic mass is 10.1. The smallest absolute Gasteiger partial charge is 0.321 e. The second-order valence-corrected chi connectivity index (χ2v) is 4.17. The number of pyridine rings is 1. The molecule has 1 unspecified atom stereocenters. The number of hydrogen-bond donors (Lipinski definition) is 1. The molecule has 0 spiro atoms. The average molecular weight is 253 g/mol. The van der Waals surface area contributed by atoms with Crippen LogP contribution in [0.15, 0.2) is 54.9 Å². The van der Waals surface area contributed by atoms with E-state index in [0.29, 0.717) is 5.69 Å². The third-order valence-electron chi connectivity index (χ3n) is 2.99. The minimum absolute atomic E-state index is 0.276. The SMILES string of the molecule is O=C1NC(c2ccccc2)C(=O)N1c1ccncc1. The van der Waals surface area contributed by atoms with Crippen molar-refractivity contribution in [2.24, 2.45) is 0 Å². The number of nitrogens with zero attached hydrogens (tertiary/aromatic N) is 2. The molecule has 1 fully saturated rings. The normalized spacial score (nSPS) is 18.5. The second-order valence-electron chi connectivity index (χ2n) is 4.17. The molecule has 5 heteroatoms. The molecular formula is C14H11N3O2. The topological polar surface area (TPSA) is 62.3 Å². The number of rotatable bonds is 2. The summed E-state index contributed by atoms with van der Waals surface area (Å²) in [6.07, 6.45) is 3.09. The highest BCUT2D eigenvalue weighted by Crippen LogP contribution is 2.26. The monoisotopic (exact) mass is 253 g/mol. The first-order valence-corrected chi connectivity index (χ1v) is 5.87. The molecule has 0 saturated carbocycles. The minimum atomic E-state index is -0.623. The molecule has 0 aliphatic carbocycles. The number of carbonyl (C=O) groups is 2. The summed E-state index contributed by atoms with van der Waals surface area (Å²) in [5, 5.41) is 2.69. The van der Waals surface area contributed by atoms with E-state index < -0.39 is 12.1 Å². The van der Waals surface area contributed by atoms with Crippen molar-refractivity contribution in [3.63, 3.8) is 0 Å². The Kier molecular flexibility index (Phi) is 2.72. The second kappa shape index (κ2) is 4.53. The third kappa shape index (κ3) is 1.95. The average Bonchev–Trinajstić information content (AvgIpc) is 2.76. The van der Waals surface area contributed by atoms with Crippen LogP contribution in [0.3, 0.4) is 0 Å². The van der Waals surface area contributed by atoms with Gasteiger partial charge in [0.2, 0.25) is 0 Å². The van der Waals surface area contributed by atoms with Crippen molar-refractivity contribution in [2.45, 2.75) is 6.04 Å². The van der Waals surface area contributed by atoms with Gasteiger partial charge in [0, 0.05) is 12.4 Å². The number of anilines is 1. The molecule has 94 valence electrons. The van der Waals surface area contributed by atoms with Crippen molar-refractivity contribution in [3.05, 3.63) is 60.4 Å². The summed E-state index contributed by atoms with van der Waals surface area (Å²) in [7, 11) is 0. The Balaban J connectivity index is 1.94. The number of amides is 3.